The van der Waals surface area contributed by atoms with Crippen LogP contribution in [0.25, 0.3) is 0 Å². The predicted octanol–water partition coefficient (Wildman–Crippen LogP) is 5.95. The molecule has 3 N–H and O–H groups in total. The Balaban J connectivity index is 1.95. The van der Waals surface area contributed by atoms with Gasteiger partial charge in [0.05, 0.1) is 21.2 Å². The van der Waals surface area contributed by atoms with E-state index in [1.54, 1.807) is 18.2 Å². The minimum atomic E-state index is -0.522. The van der Waals surface area contributed by atoms with E-state index in [2.05, 4.69) is 26.1 Å². The van der Waals surface area contributed by atoms with E-state index in [9.17, 15) is 9.59 Å². The number of halogens is 2. The lowest BCUT2D eigenvalue weighted by atomic mass is 9.69. The summed E-state index contributed by atoms with van der Waals surface area (Å²) in [5.41, 5.74) is 7.48. The number of benzene rings is 1. The molecule has 7 heteroatoms. The van der Waals surface area contributed by atoms with Gasteiger partial charge in [0.15, 0.2) is 0 Å². The summed E-state index contributed by atoms with van der Waals surface area (Å²) in [6.45, 7) is 6.78. The standard InChI is InChI=1S/C21H24Cl2N2O2S/c1-4-21(2,3)11-8-9-12-15(10-11)28-20(16(12)18(24)26)25-19(27)17-13(22)6-5-7-14(17)23/h5-7,11H,4,8-10H2,1-3H3,(H2,24,26)(H,25,27)/t11-/m0/s1. The van der Waals surface area contributed by atoms with E-state index in [-0.39, 0.29) is 21.0 Å². The molecule has 4 nitrogen and oxygen atoms in total. The Morgan fingerprint density at radius 3 is 2.46 bits per heavy atom. The van der Waals surface area contributed by atoms with Crippen LogP contribution in [0, 0.1) is 11.3 Å². The van der Waals surface area contributed by atoms with Crippen molar-refractivity contribution in [2.75, 3.05) is 5.32 Å². The monoisotopic (exact) mass is 438 g/mol. The summed E-state index contributed by atoms with van der Waals surface area (Å²) >= 11 is 13.7. The fourth-order valence-electron chi connectivity index (χ4n) is 3.77. The van der Waals surface area contributed by atoms with E-state index in [1.165, 1.54) is 11.3 Å². The van der Waals surface area contributed by atoms with Crippen molar-refractivity contribution in [1.29, 1.82) is 0 Å². The molecule has 1 aromatic heterocycles. The van der Waals surface area contributed by atoms with E-state index < -0.39 is 11.8 Å². The Morgan fingerprint density at radius 1 is 1.25 bits per heavy atom. The Kier molecular flexibility index (Phi) is 6.08. The molecule has 150 valence electrons. The number of nitrogens with two attached hydrogens (primary N) is 1. The summed E-state index contributed by atoms with van der Waals surface area (Å²) < 4.78 is 0. The zero-order valence-corrected chi connectivity index (χ0v) is 18.5. The molecule has 1 aliphatic rings. The van der Waals surface area contributed by atoms with Crippen molar-refractivity contribution in [3.05, 3.63) is 49.8 Å². The van der Waals surface area contributed by atoms with Crippen LogP contribution in [0.4, 0.5) is 5.00 Å². The number of rotatable bonds is 5. The van der Waals surface area contributed by atoms with Gasteiger partial charge in [-0.3, -0.25) is 9.59 Å². The van der Waals surface area contributed by atoms with Crippen LogP contribution in [-0.2, 0) is 12.8 Å². The number of hydrogen-bond donors (Lipinski definition) is 2. The lowest BCUT2D eigenvalue weighted by Gasteiger charge is -2.36. The van der Waals surface area contributed by atoms with Gasteiger partial charge in [-0.15, -0.1) is 11.3 Å². The number of thiophene rings is 1. The van der Waals surface area contributed by atoms with Gasteiger partial charge < -0.3 is 11.1 Å². The topological polar surface area (TPSA) is 72.2 Å². The number of fused-ring (bicyclic) bond motifs is 1. The van der Waals surface area contributed by atoms with Crippen LogP contribution in [0.3, 0.4) is 0 Å². The lowest BCUT2D eigenvalue weighted by Crippen LogP contribution is -2.29. The third-order valence-corrected chi connectivity index (χ3v) is 7.74. The van der Waals surface area contributed by atoms with E-state index >= 15 is 0 Å². The highest BCUT2D eigenvalue weighted by molar-refractivity contribution is 7.17. The summed E-state index contributed by atoms with van der Waals surface area (Å²) in [6.07, 6.45) is 3.79. The summed E-state index contributed by atoms with van der Waals surface area (Å²) in [4.78, 5) is 26.1. The van der Waals surface area contributed by atoms with Crippen LogP contribution in [-0.4, -0.2) is 11.8 Å². The quantitative estimate of drug-likeness (QED) is 0.605. The first-order valence-corrected chi connectivity index (χ1v) is 10.9. The van der Waals surface area contributed by atoms with E-state index in [0.717, 1.165) is 36.1 Å². The van der Waals surface area contributed by atoms with Gasteiger partial charge in [0.1, 0.15) is 5.00 Å². The molecule has 3 rings (SSSR count). The number of carbonyl (C=O) groups is 2. The van der Waals surface area contributed by atoms with Crippen molar-refractivity contribution in [2.45, 2.75) is 46.5 Å². The van der Waals surface area contributed by atoms with Crippen LogP contribution >= 0.6 is 34.5 Å². The second kappa shape index (κ2) is 8.05. The highest BCUT2D eigenvalue weighted by atomic mass is 35.5. The molecule has 2 aromatic rings. The predicted molar refractivity (Wildman–Crippen MR) is 117 cm³/mol. The number of hydrogen-bond acceptors (Lipinski definition) is 3. The number of primary amides is 1. The van der Waals surface area contributed by atoms with Gasteiger partial charge in [0.25, 0.3) is 11.8 Å². The largest absolute Gasteiger partial charge is 0.365 e. The van der Waals surface area contributed by atoms with Gasteiger partial charge in [0.2, 0.25) is 0 Å². The third-order valence-electron chi connectivity index (χ3n) is 5.94. The minimum absolute atomic E-state index is 0.192. The molecule has 0 spiro atoms. The molecule has 0 radical (unpaired) electrons. The molecule has 1 atom stereocenters. The van der Waals surface area contributed by atoms with Crippen LogP contribution in [0.5, 0.6) is 0 Å². The number of amides is 2. The van der Waals surface area contributed by atoms with Crippen LogP contribution in [0.15, 0.2) is 18.2 Å². The lowest BCUT2D eigenvalue weighted by molar-refractivity contribution is 0.0999. The molecule has 1 aliphatic carbocycles. The fraction of sp³-hybridized carbons (Fsp3) is 0.429. The first-order valence-electron chi connectivity index (χ1n) is 9.35. The first-order chi connectivity index (χ1) is 13.2. The fourth-order valence-corrected chi connectivity index (χ4v) is 5.67. The highest BCUT2D eigenvalue weighted by Gasteiger charge is 2.35. The van der Waals surface area contributed by atoms with E-state index in [1.807, 2.05) is 0 Å². The van der Waals surface area contributed by atoms with E-state index in [0.29, 0.717) is 16.5 Å². The summed E-state index contributed by atoms with van der Waals surface area (Å²) in [7, 11) is 0. The van der Waals surface area contributed by atoms with Gasteiger partial charge >= 0.3 is 0 Å². The minimum Gasteiger partial charge on any atom is -0.365 e. The van der Waals surface area contributed by atoms with Crippen LogP contribution in [0.1, 0.15) is 64.8 Å². The molecular weight excluding hydrogens is 415 g/mol. The zero-order chi connectivity index (χ0) is 20.6. The highest BCUT2D eigenvalue weighted by Crippen LogP contribution is 2.45. The second-order valence-electron chi connectivity index (χ2n) is 7.90. The van der Waals surface area contributed by atoms with Crippen molar-refractivity contribution in [3.63, 3.8) is 0 Å². The summed E-state index contributed by atoms with van der Waals surface area (Å²) in [5.74, 6) is -0.431. The average molecular weight is 439 g/mol. The number of carbonyl (C=O) groups excluding carboxylic acids is 2. The Morgan fingerprint density at radius 2 is 1.89 bits per heavy atom. The summed E-state index contributed by atoms with van der Waals surface area (Å²) in [6, 6.07) is 4.89. The summed E-state index contributed by atoms with van der Waals surface area (Å²) in [5, 5.41) is 3.83. The maximum absolute atomic E-state index is 12.8. The van der Waals surface area contributed by atoms with E-state index in [4.69, 9.17) is 28.9 Å². The molecular formula is C21H24Cl2N2O2S. The molecule has 0 saturated carbocycles. The maximum atomic E-state index is 12.8. The van der Waals surface area contributed by atoms with Gasteiger partial charge in [0, 0.05) is 4.88 Å². The smallest absolute Gasteiger partial charge is 0.259 e. The molecule has 0 bridgehead atoms. The van der Waals surface area contributed by atoms with Crippen LogP contribution in [0.2, 0.25) is 10.0 Å². The molecule has 2 amide bonds. The zero-order valence-electron chi connectivity index (χ0n) is 16.2. The van der Waals surface area contributed by atoms with Crippen molar-refractivity contribution in [1.82, 2.24) is 0 Å². The third kappa shape index (κ3) is 3.93. The van der Waals surface area contributed by atoms with Gasteiger partial charge in [-0.05, 0) is 48.3 Å². The molecule has 28 heavy (non-hydrogen) atoms. The molecule has 1 heterocycles. The molecule has 0 fully saturated rings. The molecule has 0 unspecified atom stereocenters. The normalized spacial score (nSPS) is 16.5. The second-order valence-corrected chi connectivity index (χ2v) is 9.82. The molecule has 1 aromatic carbocycles. The van der Waals surface area contributed by atoms with Crippen molar-refractivity contribution >= 4 is 51.4 Å². The Bertz CT molecular complexity index is 916. The molecule has 0 saturated heterocycles. The SMILES string of the molecule is CCC(C)(C)[C@H]1CCc2c(sc(NC(=O)c3c(Cl)cccc3Cl)c2C(N)=O)C1. The van der Waals surface area contributed by atoms with Gasteiger partial charge in [-0.2, -0.15) is 0 Å². The number of nitrogens with one attached hydrogen (secondary N) is 1. The van der Waals surface area contributed by atoms with Gasteiger partial charge in [-0.1, -0.05) is 56.5 Å². The molecule has 0 aliphatic heterocycles. The number of anilines is 1. The Labute approximate surface area is 179 Å². The van der Waals surface area contributed by atoms with Crippen LogP contribution < -0.4 is 11.1 Å². The maximum Gasteiger partial charge on any atom is 0.259 e. The first kappa shape index (κ1) is 21.2. The van der Waals surface area contributed by atoms with Gasteiger partial charge in [-0.25, -0.2) is 0 Å². The average Bonchev–Trinajstić information content (AvgIpc) is 2.98. The van der Waals surface area contributed by atoms with Crippen molar-refractivity contribution in [3.8, 4) is 0 Å². The Hall–Kier alpha value is -1.56. The van der Waals surface area contributed by atoms with Crippen molar-refractivity contribution in [2.24, 2.45) is 17.1 Å². The van der Waals surface area contributed by atoms with Crippen molar-refractivity contribution < 1.29 is 9.59 Å².